The van der Waals surface area contributed by atoms with Gasteiger partial charge in [-0.1, -0.05) is 15.9 Å². The van der Waals surface area contributed by atoms with E-state index in [4.69, 9.17) is 0 Å². The van der Waals surface area contributed by atoms with Crippen LogP contribution in [-0.4, -0.2) is 14.6 Å². The van der Waals surface area contributed by atoms with Crippen LogP contribution in [0.15, 0.2) is 0 Å². The Morgan fingerprint density at radius 3 is 2.12 bits per heavy atom. The molecule has 0 aliphatic heterocycles. The molecule has 48 valence electrons. The van der Waals surface area contributed by atoms with Crippen molar-refractivity contribution < 1.29 is 9.18 Å². The molecule has 0 amide bonds. The molecule has 1 atom stereocenters. The van der Waals surface area contributed by atoms with Gasteiger partial charge in [0.2, 0.25) is 9.27 Å². The number of carbonyl (C=O) groups is 1. The van der Waals surface area contributed by atoms with Crippen LogP contribution in [0.4, 0.5) is 4.39 Å². The third-order valence-electron chi connectivity index (χ3n) is 0.455. The first-order chi connectivity index (χ1) is 3.50. The molecule has 0 N–H and O–H groups in total. The monoisotopic (exact) mass is 310 g/mol. The van der Waals surface area contributed by atoms with E-state index < -0.39 is 9.27 Å². The summed E-state index contributed by atoms with van der Waals surface area (Å²) in [5, 5.41) is -0.0515. The maximum absolute atomic E-state index is 12.4. The van der Waals surface area contributed by atoms with Crippen molar-refractivity contribution in [3.63, 3.8) is 0 Å². The van der Waals surface area contributed by atoms with Crippen LogP contribution in [-0.2, 0) is 4.79 Å². The van der Waals surface area contributed by atoms with E-state index >= 15 is 0 Å². The Morgan fingerprint density at radius 1 is 1.75 bits per heavy atom. The minimum atomic E-state index is -1.95. The van der Waals surface area contributed by atoms with Crippen LogP contribution >= 0.6 is 47.8 Å². The second-order valence-corrected chi connectivity index (χ2v) is 3.65. The van der Waals surface area contributed by atoms with E-state index in [-0.39, 0.29) is 5.33 Å². The lowest BCUT2D eigenvalue weighted by molar-refractivity contribution is -0.114. The standard InChI is InChI=1S/C3H2Br3FO/c4-1-3(6,7)2(5)8/h1H2. The van der Waals surface area contributed by atoms with Crippen LogP contribution in [0.3, 0.4) is 0 Å². The summed E-state index contributed by atoms with van der Waals surface area (Å²) < 4.78 is 9.76. The molecule has 8 heavy (non-hydrogen) atoms. The first kappa shape index (κ1) is 9.04. The molecule has 0 spiro atoms. The molecule has 0 fully saturated rings. The summed E-state index contributed by atoms with van der Waals surface area (Å²) in [6, 6.07) is 0. The van der Waals surface area contributed by atoms with E-state index in [0.717, 1.165) is 0 Å². The maximum atomic E-state index is 12.4. The molecule has 0 saturated carbocycles. The normalized spacial score (nSPS) is 17.5. The third kappa shape index (κ3) is 2.55. The van der Waals surface area contributed by atoms with Gasteiger partial charge in [-0.3, -0.25) is 4.79 Å². The van der Waals surface area contributed by atoms with E-state index in [1.807, 2.05) is 0 Å². The second-order valence-electron chi connectivity index (χ2n) is 1.11. The van der Waals surface area contributed by atoms with E-state index in [2.05, 4.69) is 47.8 Å². The molecule has 1 unspecified atom stereocenters. The van der Waals surface area contributed by atoms with Gasteiger partial charge >= 0.3 is 0 Å². The molecule has 5 heteroatoms. The molecular weight excluding hydrogens is 311 g/mol. The van der Waals surface area contributed by atoms with Crippen LogP contribution in [0.25, 0.3) is 0 Å². The fourth-order valence-electron chi connectivity index (χ4n) is 0.0525. The molecule has 0 aliphatic rings. The Hall–Kier alpha value is 1.04. The van der Waals surface area contributed by atoms with Crippen molar-refractivity contribution in [1.29, 1.82) is 0 Å². The van der Waals surface area contributed by atoms with E-state index in [1.165, 1.54) is 0 Å². The Labute approximate surface area is 71.4 Å². The largest absolute Gasteiger partial charge is 0.282 e. The molecule has 0 rings (SSSR count). The van der Waals surface area contributed by atoms with Crippen molar-refractivity contribution in [2.75, 3.05) is 5.33 Å². The van der Waals surface area contributed by atoms with Gasteiger partial charge in [0.25, 0.3) is 0 Å². The SMILES string of the molecule is O=C(Br)C(F)(Br)CBr. The molecule has 0 aromatic heterocycles. The molecular formula is C3H2Br3FO. The first-order valence-corrected chi connectivity index (χ1v) is 4.35. The van der Waals surface area contributed by atoms with Crippen molar-refractivity contribution >= 4 is 52.5 Å². The molecule has 0 bridgehead atoms. The Morgan fingerprint density at radius 2 is 2.12 bits per heavy atom. The average Bonchev–Trinajstić information content (AvgIpc) is 1.67. The quantitative estimate of drug-likeness (QED) is 0.565. The summed E-state index contributed by atoms with van der Waals surface area (Å²) in [4.78, 5) is 10.2. The van der Waals surface area contributed by atoms with Crippen LogP contribution < -0.4 is 0 Å². The highest BCUT2D eigenvalue weighted by Crippen LogP contribution is 2.25. The summed E-state index contributed by atoms with van der Waals surface area (Å²) >= 11 is 7.80. The number of rotatable bonds is 2. The minimum Gasteiger partial charge on any atom is -0.282 e. The van der Waals surface area contributed by atoms with Crippen molar-refractivity contribution in [2.45, 2.75) is 4.58 Å². The van der Waals surface area contributed by atoms with Gasteiger partial charge in [-0.05, 0) is 31.9 Å². The van der Waals surface area contributed by atoms with Gasteiger partial charge in [0.1, 0.15) is 0 Å². The van der Waals surface area contributed by atoms with Gasteiger partial charge in [0.15, 0.2) is 0 Å². The zero-order valence-electron chi connectivity index (χ0n) is 3.63. The Balaban J connectivity index is 3.91. The van der Waals surface area contributed by atoms with E-state index in [9.17, 15) is 9.18 Å². The number of halogens is 4. The summed E-state index contributed by atoms with van der Waals surface area (Å²) in [6.07, 6.45) is 0. The lowest BCUT2D eigenvalue weighted by atomic mass is 10.5. The number of alkyl halides is 3. The van der Waals surface area contributed by atoms with Gasteiger partial charge in [-0.25, -0.2) is 4.39 Å². The molecule has 0 heterocycles. The highest BCUT2D eigenvalue weighted by molar-refractivity contribution is 9.20. The summed E-state index contributed by atoms with van der Waals surface area (Å²) in [7, 11) is 0. The van der Waals surface area contributed by atoms with Crippen LogP contribution in [0.1, 0.15) is 0 Å². The number of hydrogen-bond donors (Lipinski definition) is 0. The second kappa shape index (κ2) is 3.27. The predicted octanol–water partition coefficient (Wildman–Crippen LogP) is 2.36. The van der Waals surface area contributed by atoms with Crippen molar-refractivity contribution in [2.24, 2.45) is 0 Å². The first-order valence-electron chi connectivity index (χ1n) is 1.64. The van der Waals surface area contributed by atoms with Crippen molar-refractivity contribution in [1.82, 2.24) is 0 Å². The van der Waals surface area contributed by atoms with Gasteiger partial charge in [-0.15, -0.1) is 0 Å². The van der Waals surface area contributed by atoms with Crippen LogP contribution in [0, 0.1) is 0 Å². The van der Waals surface area contributed by atoms with Gasteiger partial charge in [-0.2, -0.15) is 0 Å². The summed E-state index contributed by atoms with van der Waals surface area (Å²) in [5.41, 5.74) is 0. The lowest BCUT2D eigenvalue weighted by Crippen LogP contribution is -2.22. The Kier molecular flexibility index (Phi) is 3.69. The average molecular weight is 313 g/mol. The van der Waals surface area contributed by atoms with Gasteiger partial charge in [0.05, 0.1) is 5.33 Å². The highest BCUT2D eigenvalue weighted by Gasteiger charge is 2.31. The maximum Gasteiger partial charge on any atom is 0.246 e. The molecule has 0 radical (unpaired) electrons. The number of carbonyl (C=O) groups excluding carboxylic acids is 1. The molecule has 0 aromatic rings. The van der Waals surface area contributed by atoms with Crippen LogP contribution in [0.5, 0.6) is 0 Å². The van der Waals surface area contributed by atoms with Crippen molar-refractivity contribution in [3.8, 4) is 0 Å². The summed E-state index contributed by atoms with van der Waals surface area (Å²) in [6.45, 7) is 0. The topological polar surface area (TPSA) is 17.1 Å². The highest BCUT2D eigenvalue weighted by atomic mass is 79.9. The Bertz CT molecular complexity index is 103. The number of hydrogen-bond acceptors (Lipinski definition) is 1. The zero-order valence-corrected chi connectivity index (χ0v) is 8.39. The van der Waals surface area contributed by atoms with Gasteiger partial charge in [0, 0.05) is 0 Å². The van der Waals surface area contributed by atoms with Gasteiger partial charge < -0.3 is 0 Å². The fraction of sp³-hybridized carbons (Fsp3) is 0.667. The fourth-order valence-corrected chi connectivity index (χ4v) is 0.824. The third-order valence-corrected chi connectivity index (χ3v) is 3.78. The summed E-state index contributed by atoms with van der Waals surface area (Å²) in [5.74, 6) is 0. The zero-order chi connectivity index (χ0) is 6.78. The molecule has 0 saturated heterocycles. The lowest BCUT2D eigenvalue weighted by Gasteiger charge is -2.06. The molecule has 0 aliphatic carbocycles. The van der Waals surface area contributed by atoms with Crippen LogP contribution in [0.2, 0.25) is 0 Å². The predicted molar refractivity (Wildman–Crippen MR) is 40.5 cm³/mol. The van der Waals surface area contributed by atoms with Crippen molar-refractivity contribution in [3.05, 3.63) is 0 Å². The minimum absolute atomic E-state index is 0.0515. The smallest absolute Gasteiger partial charge is 0.246 e. The molecule has 1 nitrogen and oxygen atoms in total. The van der Waals surface area contributed by atoms with E-state index in [1.54, 1.807) is 0 Å². The molecule has 0 aromatic carbocycles. The van der Waals surface area contributed by atoms with E-state index in [0.29, 0.717) is 0 Å².